The van der Waals surface area contributed by atoms with Crippen molar-refractivity contribution in [2.75, 3.05) is 40.3 Å². The first kappa shape index (κ1) is 21.8. The number of thiazole rings is 1. The Morgan fingerprint density at radius 2 is 2.29 bits per heavy atom. The van der Waals surface area contributed by atoms with E-state index in [0.717, 1.165) is 13.1 Å². The van der Waals surface area contributed by atoms with E-state index >= 15 is 0 Å². The van der Waals surface area contributed by atoms with Gasteiger partial charge in [0.15, 0.2) is 17.3 Å². The van der Waals surface area contributed by atoms with E-state index in [9.17, 15) is 9.18 Å². The van der Waals surface area contributed by atoms with Gasteiger partial charge >= 0.3 is 5.97 Å². The molecule has 6 nitrogen and oxygen atoms in total. The van der Waals surface area contributed by atoms with Gasteiger partial charge in [-0.05, 0) is 45.1 Å². The van der Waals surface area contributed by atoms with Crippen LogP contribution in [0.15, 0.2) is 23.7 Å². The molecule has 8 heteroatoms. The topological polar surface area (TPSA) is 74.7 Å². The summed E-state index contributed by atoms with van der Waals surface area (Å²) in [7, 11) is 3.88. The van der Waals surface area contributed by atoms with Crippen molar-refractivity contribution in [2.45, 2.75) is 12.8 Å². The molecule has 0 aliphatic carbocycles. The molecular formula is C20H24FN3O3S. The molecule has 0 saturated heterocycles. The smallest absolute Gasteiger partial charge is 0.355 e. The molecule has 1 aromatic carbocycles. The van der Waals surface area contributed by atoms with E-state index in [1.165, 1.54) is 22.9 Å². The van der Waals surface area contributed by atoms with Crippen LogP contribution in [0.4, 0.5) is 4.39 Å². The average Bonchev–Trinajstić information content (AvgIpc) is 3.14. The Labute approximate surface area is 168 Å². The summed E-state index contributed by atoms with van der Waals surface area (Å²) in [5, 5.41) is 12.1. The number of aromatic nitrogens is 1. The molecule has 0 saturated carbocycles. The molecule has 0 amide bonds. The van der Waals surface area contributed by atoms with Crippen LogP contribution in [0, 0.1) is 17.7 Å². The molecule has 0 spiro atoms. The Morgan fingerprint density at radius 3 is 3.00 bits per heavy atom. The quantitative estimate of drug-likeness (QED) is 0.467. The number of ether oxygens (including phenoxy) is 1. The summed E-state index contributed by atoms with van der Waals surface area (Å²) < 4.78 is 19.7. The van der Waals surface area contributed by atoms with Crippen LogP contribution in [-0.2, 0) is 6.42 Å². The number of likely N-dealkylation sites (N-methyl/N-ethyl adjacent to an activating group) is 2. The SMILES string of the molecule is CNCCN(C)CC#Cc1ccc(OCCCc2scnc2C(=O)O)c(F)c1. The van der Waals surface area contributed by atoms with E-state index in [2.05, 4.69) is 27.0 Å². The number of carbonyl (C=O) groups is 1. The van der Waals surface area contributed by atoms with Gasteiger partial charge in [-0.2, -0.15) is 0 Å². The lowest BCUT2D eigenvalue weighted by atomic mass is 10.2. The van der Waals surface area contributed by atoms with E-state index < -0.39 is 11.8 Å². The molecule has 2 N–H and O–H groups in total. The third-order valence-corrected chi connectivity index (χ3v) is 4.80. The molecule has 0 radical (unpaired) electrons. The van der Waals surface area contributed by atoms with Crippen LogP contribution in [-0.4, -0.2) is 61.3 Å². The Balaban J connectivity index is 1.81. The van der Waals surface area contributed by atoms with E-state index in [0.29, 0.717) is 29.8 Å². The predicted octanol–water partition coefficient (Wildman–Crippen LogP) is 2.49. The van der Waals surface area contributed by atoms with Crippen molar-refractivity contribution in [2.24, 2.45) is 0 Å². The summed E-state index contributed by atoms with van der Waals surface area (Å²) in [6.45, 7) is 2.67. The van der Waals surface area contributed by atoms with E-state index in [1.54, 1.807) is 12.1 Å². The van der Waals surface area contributed by atoms with Gasteiger partial charge in [-0.25, -0.2) is 14.2 Å². The lowest BCUT2D eigenvalue weighted by molar-refractivity contribution is 0.0690. The van der Waals surface area contributed by atoms with Crippen LogP contribution in [0.25, 0.3) is 0 Å². The van der Waals surface area contributed by atoms with E-state index in [1.807, 2.05) is 14.1 Å². The second kappa shape index (κ2) is 11.4. The second-order valence-electron chi connectivity index (χ2n) is 6.17. The molecule has 28 heavy (non-hydrogen) atoms. The lowest BCUT2D eigenvalue weighted by Crippen LogP contribution is -2.27. The fourth-order valence-electron chi connectivity index (χ4n) is 2.39. The maximum absolute atomic E-state index is 14.2. The largest absolute Gasteiger partial charge is 0.491 e. The van der Waals surface area contributed by atoms with E-state index in [-0.39, 0.29) is 18.1 Å². The number of halogens is 1. The number of carboxylic acids is 1. The van der Waals surface area contributed by atoms with Crippen molar-refractivity contribution in [1.82, 2.24) is 15.2 Å². The monoisotopic (exact) mass is 405 g/mol. The molecule has 2 aromatic rings. The van der Waals surface area contributed by atoms with Crippen molar-refractivity contribution >= 4 is 17.3 Å². The number of nitrogens with one attached hydrogen (secondary N) is 1. The first-order valence-electron chi connectivity index (χ1n) is 8.91. The van der Waals surface area contributed by atoms with E-state index in [4.69, 9.17) is 9.84 Å². The summed E-state index contributed by atoms with van der Waals surface area (Å²) in [6, 6.07) is 4.66. The number of nitrogens with zero attached hydrogens (tertiary/aromatic N) is 2. The number of carboxylic acid groups (broad SMARTS) is 1. The van der Waals surface area contributed by atoms with Crippen molar-refractivity contribution in [3.63, 3.8) is 0 Å². The van der Waals surface area contributed by atoms with Crippen LogP contribution in [0.3, 0.4) is 0 Å². The number of aryl methyl sites for hydroxylation is 1. The normalized spacial score (nSPS) is 10.6. The standard InChI is InChI=1S/C20H24FN3O3S/c1-22-9-11-24(2)10-3-5-15-7-8-17(16(21)13-15)27-12-4-6-18-19(20(25)26)23-14-28-18/h7-8,13-14,22H,4,6,9-12H2,1-2H3,(H,25,26). The highest BCUT2D eigenvalue weighted by Gasteiger charge is 2.13. The number of benzene rings is 1. The van der Waals surface area contributed by atoms with Gasteiger partial charge in [-0.15, -0.1) is 11.3 Å². The lowest BCUT2D eigenvalue weighted by Gasteiger charge is -2.11. The van der Waals surface area contributed by atoms with Crippen molar-refractivity contribution in [3.8, 4) is 17.6 Å². The first-order chi connectivity index (χ1) is 13.5. The zero-order valence-corrected chi connectivity index (χ0v) is 16.8. The molecule has 150 valence electrons. The van der Waals surface area contributed by atoms with Crippen molar-refractivity contribution in [3.05, 3.63) is 45.7 Å². The Kier molecular flexibility index (Phi) is 8.88. The maximum Gasteiger partial charge on any atom is 0.355 e. The van der Waals surface area contributed by atoms with Gasteiger partial charge in [0.25, 0.3) is 0 Å². The highest BCUT2D eigenvalue weighted by molar-refractivity contribution is 7.09. The van der Waals surface area contributed by atoms with Gasteiger partial charge in [0.1, 0.15) is 0 Å². The zero-order chi connectivity index (χ0) is 20.4. The Bertz CT molecular complexity index is 845. The Morgan fingerprint density at radius 1 is 1.46 bits per heavy atom. The predicted molar refractivity (Wildman–Crippen MR) is 108 cm³/mol. The highest BCUT2D eigenvalue weighted by Crippen LogP contribution is 2.19. The molecule has 0 bridgehead atoms. The molecule has 0 aliphatic rings. The third-order valence-electron chi connectivity index (χ3n) is 3.91. The minimum atomic E-state index is -1.03. The molecule has 1 aromatic heterocycles. The van der Waals surface area contributed by atoms with Crippen LogP contribution in [0.1, 0.15) is 27.3 Å². The molecule has 1 heterocycles. The molecule has 2 rings (SSSR count). The summed E-state index contributed by atoms with van der Waals surface area (Å²) in [4.78, 5) is 17.6. The summed E-state index contributed by atoms with van der Waals surface area (Å²) >= 11 is 1.30. The summed E-state index contributed by atoms with van der Waals surface area (Å²) in [5.41, 5.74) is 2.19. The molecule has 0 unspecified atom stereocenters. The average molecular weight is 405 g/mol. The number of hydrogen-bond acceptors (Lipinski definition) is 6. The highest BCUT2D eigenvalue weighted by atomic mass is 32.1. The van der Waals surface area contributed by atoms with Gasteiger partial charge < -0.3 is 15.2 Å². The fourth-order valence-corrected chi connectivity index (χ4v) is 3.19. The van der Waals surface area contributed by atoms with Crippen LogP contribution in [0.2, 0.25) is 0 Å². The summed E-state index contributed by atoms with van der Waals surface area (Å²) in [5.74, 6) is 4.65. The van der Waals surface area contributed by atoms with Gasteiger partial charge in [-0.3, -0.25) is 4.90 Å². The number of hydrogen-bond donors (Lipinski definition) is 2. The van der Waals surface area contributed by atoms with Crippen LogP contribution < -0.4 is 10.1 Å². The minimum absolute atomic E-state index is 0.0794. The van der Waals surface area contributed by atoms with Gasteiger partial charge in [0.05, 0.1) is 18.7 Å². The van der Waals surface area contributed by atoms with Gasteiger partial charge in [-0.1, -0.05) is 11.8 Å². The molecule has 0 fully saturated rings. The summed E-state index contributed by atoms with van der Waals surface area (Å²) in [6.07, 6.45) is 1.10. The molecule has 0 atom stereocenters. The maximum atomic E-state index is 14.2. The first-order valence-corrected chi connectivity index (χ1v) is 9.79. The number of rotatable bonds is 10. The minimum Gasteiger partial charge on any atom is -0.491 e. The zero-order valence-electron chi connectivity index (χ0n) is 16.0. The van der Waals surface area contributed by atoms with Crippen LogP contribution >= 0.6 is 11.3 Å². The van der Waals surface area contributed by atoms with Crippen molar-refractivity contribution < 1.29 is 19.0 Å². The van der Waals surface area contributed by atoms with Crippen LogP contribution in [0.5, 0.6) is 5.75 Å². The molecular weight excluding hydrogens is 381 g/mol. The fraction of sp³-hybridized carbons (Fsp3) is 0.400. The molecule has 0 aliphatic heterocycles. The second-order valence-corrected chi connectivity index (χ2v) is 7.11. The third kappa shape index (κ3) is 6.93. The van der Waals surface area contributed by atoms with Gasteiger partial charge in [0.2, 0.25) is 0 Å². The number of aromatic carboxylic acids is 1. The van der Waals surface area contributed by atoms with Crippen molar-refractivity contribution in [1.29, 1.82) is 0 Å². The Hall–Kier alpha value is -2.47. The van der Waals surface area contributed by atoms with Gasteiger partial charge in [0, 0.05) is 23.5 Å².